The van der Waals surface area contributed by atoms with Crippen LogP contribution in [0.2, 0.25) is 0 Å². The third kappa shape index (κ3) is 2.36. The van der Waals surface area contributed by atoms with Crippen LogP contribution < -0.4 is 5.73 Å². The molecule has 1 aromatic heterocycles. The summed E-state index contributed by atoms with van der Waals surface area (Å²) < 4.78 is 0. The summed E-state index contributed by atoms with van der Waals surface area (Å²) in [5.74, 6) is 0.733. The maximum Gasteiger partial charge on any atom is 0.0271 e. The fourth-order valence-electron chi connectivity index (χ4n) is 2.39. The molecule has 2 heterocycles. The van der Waals surface area contributed by atoms with E-state index in [1.54, 1.807) is 0 Å². The van der Waals surface area contributed by atoms with Gasteiger partial charge in [0.05, 0.1) is 0 Å². The number of hydrogen-bond donors (Lipinski definition) is 1. The molecule has 0 spiro atoms. The number of aromatic nitrogens is 1. The van der Waals surface area contributed by atoms with Gasteiger partial charge < -0.3 is 5.73 Å². The first-order valence-electron chi connectivity index (χ1n) is 5.64. The summed E-state index contributed by atoms with van der Waals surface area (Å²) in [6.45, 7) is 5.25. The number of pyridine rings is 1. The van der Waals surface area contributed by atoms with Crippen molar-refractivity contribution in [2.45, 2.75) is 25.9 Å². The highest BCUT2D eigenvalue weighted by molar-refractivity contribution is 5.10. The molecular formula is C12H19N3. The monoisotopic (exact) mass is 205 g/mol. The van der Waals surface area contributed by atoms with E-state index in [4.69, 9.17) is 5.73 Å². The Labute approximate surface area is 91.3 Å². The van der Waals surface area contributed by atoms with Gasteiger partial charge in [0.2, 0.25) is 0 Å². The molecule has 1 aromatic rings. The molecule has 0 saturated carbocycles. The molecule has 1 fully saturated rings. The van der Waals surface area contributed by atoms with E-state index in [0.717, 1.165) is 19.0 Å². The molecular weight excluding hydrogens is 186 g/mol. The Morgan fingerprint density at radius 3 is 2.87 bits per heavy atom. The highest BCUT2D eigenvalue weighted by Gasteiger charge is 2.29. The molecule has 3 nitrogen and oxygen atoms in total. The average molecular weight is 205 g/mol. The van der Waals surface area contributed by atoms with Gasteiger partial charge >= 0.3 is 0 Å². The number of hydrogen-bond acceptors (Lipinski definition) is 3. The van der Waals surface area contributed by atoms with Crippen LogP contribution >= 0.6 is 0 Å². The van der Waals surface area contributed by atoms with Crippen molar-refractivity contribution in [3.05, 3.63) is 30.1 Å². The van der Waals surface area contributed by atoms with E-state index in [1.807, 2.05) is 12.4 Å². The van der Waals surface area contributed by atoms with Gasteiger partial charge in [-0.25, -0.2) is 0 Å². The van der Waals surface area contributed by atoms with E-state index in [1.165, 1.54) is 18.5 Å². The van der Waals surface area contributed by atoms with Crippen LogP contribution in [-0.4, -0.2) is 29.0 Å². The van der Waals surface area contributed by atoms with Gasteiger partial charge in [0, 0.05) is 31.5 Å². The Kier molecular flexibility index (Phi) is 3.34. The molecule has 0 amide bonds. The van der Waals surface area contributed by atoms with Crippen LogP contribution in [0.3, 0.4) is 0 Å². The van der Waals surface area contributed by atoms with E-state index in [9.17, 15) is 0 Å². The molecule has 0 aliphatic carbocycles. The molecule has 1 aliphatic rings. The minimum atomic E-state index is 0.554. The summed E-state index contributed by atoms with van der Waals surface area (Å²) in [7, 11) is 0. The van der Waals surface area contributed by atoms with Crippen LogP contribution in [0.25, 0.3) is 0 Å². The average Bonchev–Trinajstić information content (AvgIpc) is 2.61. The van der Waals surface area contributed by atoms with Crippen molar-refractivity contribution in [2.75, 3.05) is 13.1 Å². The van der Waals surface area contributed by atoms with Crippen molar-refractivity contribution in [3.63, 3.8) is 0 Å². The third-order valence-corrected chi connectivity index (χ3v) is 3.37. The Morgan fingerprint density at radius 1 is 1.47 bits per heavy atom. The van der Waals surface area contributed by atoms with Gasteiger partial charge in [-0.1, -0.05) is 6.92 Å². The van der Waals surface area contributed by atoms with Crippen LogP contribution in [0.4, 0.5) is 0 Å². The fourth-order valence-corrected chi connectivity index (χ4v) is 2.39. The summed E-state index contributed by atoms with van der Waals surface area (Å²) in [4.78, 5) is 6.52. The molecule has 0 aromatic carbocycles. The lowest BCUT2D eigenvalue weighted by molar-refractivity contribution is 0.228. The lowest BCUT2D eigenvalue weighted by atomic mass is 10.0. The van der Waals surface area contributed by atoms with Gasteiger partial charge in [0.1, 0.15) is 0 Å². The van der Waals surface area contributed by atoms with Crippen molar-refractivity contribution in [3.8, 4) is 0 Å². The number of likely N-dealkylation sites (tertiary alicyclic amines) is 1. The number of nitrogens with zero attached hydrogens (tertiary/aromatic N) is 2. The van der Waals surface area contributed by atoms with Crippen molar-refractivity contribution < 1.29 is 0 Å². The minimum absolute atomic E-state index is 0.554. The van der Waals surface area contributed by atoms with E-state index in [2.05, 4.69) is 28.9 Å². The summed E-state index contributed by atoms with van der Waals surface area (Å²) in [6, 6.07) is 4.71. The lowest BCUT2D eigenvalue weighted by Gasteiger charge is -2.25. The molecule has 1 saturated heterocycles. The van der Waals surface area contributed by atoms with E-state index in [-0.39, 0.29) is 0 Å². The predicted octanol–water partition coefficient (Wildman–Crippen LogP) is 1.25. The van der Waals surface area contributed by atoms with Crippen LogP contribution in [0.5, 0.6) is 0 Å². The smallest absolute Gasteiger partial charge is 0.0271 e. The molecule has 0 bridgehead atoms. The zero-order valence-corrected chi connectivity index (χ0v) is 9.26. The van der Waals surface area contributed by atoms with Crippen molar-refractivity contribution in [1.29, 1.82) is 0 Å². The normalized spacial score (nSPS) is 27.1. The second-order valence-electron chi connectivity index (χ2n) is 4.39. The molecule has 82 valence electrons. The quantitative estimate of drug-likeness (QED) is 0.807. The van der Waals surface area contributed by atoms with Gasteiger partial charge in [-0.3, -0.25) is 9.88 Å². The van der Waals surface area contributed by atoms with Gasteiger partial charge in [0.15, 0.2) is 0 Å². The van der Waals surface area contributed by atoms with Crippen LogP contribution in [0.1, 0.15) is 18.9 Å². The van der Waals surface area contributed by atoms with Gasteiger partial charge in [-0.05, 0) is 36.6 Å². The zero-order valence-electron chi connectivity index (χ0n) is 9.26. The highest BCUT2D eigenvalue weighted by Crippen LogP contribution is 2.24. The molecule has 15 heavy (non-hydrogen) atoms. The van der Waals surface area contributed by atoms with Crippen LogP contribution in [-0.2, 0) is 6.54 Å². The second-order valence-corrected chi connectivity index (χ2v) is 4.39. The number of rotatable bonds is 3. The Bertz CT molecular complexity index is 299. The maximum atomic E-state index is 5.81. The first-order chi connectivity index (χ1) is 7.31. The van der Waals surface area contributed by atoms with Crippen LogP contribution in [0.15, 0.2) is 24.5 Å². The first-order valence-corrected chi connectivity index (χ1v) is 5.64. The van der Waals surface area contributed by atoms with E-state index < -0.39 is 0 Å². The number of nitrogens with two attached hydrogens (primary N) is 1. The van der Waals surface area contributed by atoms with Crippen molar-refractivity contribution >= 4 is 0 Å². The third-order valence-electron chi connectivity index (χ3n) is 3.37. The lowest BCUT2D eigenvalue weighted by Crippen LogP contribution is -2.37. The second kappa shape index (κ2) is 4.73. The molecule has 2 atom stereocenters. The van der Waals surface area contributed by atoms with Gasteiger partial charge in [0.25, 0.3) is 0 Å². The summed E-state index contributed by atoms with van der Waals surface area (Å²) >= 11 is 0. The molecule has 3 heteroatoms. The largest absolute Gasteiger partial charge is 0.329 e. The molecule has 1 aliphatic heterocycles. The van der Waals surface area contributed by atoms with Gasteiger partial charge in [-0.15, -0.1) is 0 Å². The molecule has 0 radical (unpaired) electrons. The molecule has 2 rings (SSSR count). The molecule has 2 N–H and O–H groups in total. The summed E-state index contributed by atoms with van der Waals surface area (Å²) in [6.07, 6.45) is 4.98. The van der Waals surface area contributed by atoms with Crippen LogP contribution in [0, 0.1) is 5.92 Å². The van der Waals surface area contributed by atoms with Crippen molar-refractivity contribution in [2.24, 2.45) is 11.7 Å². The van der Waals surface area contributed by atoms with E-state index >= 15 is 0 Å². The topological polar surface area (TPSA) is 42.2 Å². The van der Waals surface area contributed by atoms with Gasteiger partial charge in [-0.2, -0.15) is 0 Å². The highest BCUT2D eigenvalue weighted by atomic mass is 15.2. The SMILES string of the molecule is CC1CCN(Cc2ccncc2)C1CN. The minimum Gasteiger partial charge on any atom is -0.329 e. The Balaban J connectivity index is 2.00. The zero-order chi connectivity index (χ0) is 10.7. The van der Waals surface area contributed by atoms with E-state index in [0.29, 0.717) is 6.04 Å². The Morgan fingerprint density at radius 2 is 2.20 bits per heavy atom. The fraction of sp³-hybridized carbons (Fsp3) is 0.583. The summed E-state index contributed by atoms with van der Waals surface area (Å²) in [5, 5.41) is 0. The maximum absolute atomic E-state index is 5.81. The predicted molar refractivity (Wildman–Crippen MR) is 61.3 cm³/mol. The molecule has 2 unspecified atom stereocenters. The Hall–Kier alpha value is -0.930. The van der Waals surface area contributed by atoms with Crippen molar-refractivity contribution in [1.82, 2.24) is 9.88 Å². The summed E-state index contributed by atoms with van der Waals surface area (Å²) in [5.41, 5.74) is 7.15. The standard InChI is InChI=1S/C12H19N3/c1-10-4-7-15(12(10)8-13)9-11-2-5-14-6-3-11/h2-3,5-6,10,12H,4,7-9,13H2,1H3. The first kappa shape index (κ1) is 10.6.